The van der Waals surface area contributed by atoms with Gasteiger partial charge in [-0.25, -0.2) is 4.79 Å². The van der Waals surface area contributed by atoms with Crippen LogP contribution in [0.4, 0.5) is 0 Å². The lowest BCUT2D eigenvalue weighted by Gasteiger charge is -2.52. The number of methoxy groups -OCH3 is 3. The van der Waals surface area contributed by atoms with Gasteiger partial charge in [-0.05, 0) is 31.0 Å². The number of rotatable bonds is 6. The summed E-state index contributed by atoms with van der Waals surface area (Å²) >= 11 is 0. The minimum Gasteiger partial charge on any atom is -0.507 e. The molecule has 2 aromatic rings. The smallest absolute Gasteiger partial charge is 0.341 e. The second-order valence-corrected chi connectivity index (χ2v) is 12.7. The summed E-state index contributed by atoms with van der Waals surface area (Å²) in [7, 11) is 3.29. The van der Waals surface area contributed by atoms with Gasteiger partial charge in [0.25, 0.3) is 0 Å². The SMILES string of the molecule is COC(=O)c1c(C)cc2c(c1O)[C@]1(O)C(=O)c3cc4c(c(O)c3C(=O)[C@]1(OC)[C@H](O)C2)C(=O)C=C(N[C@H]1O[C@@H](C)[C@H](OC)[C@@H](O)[C@H]1CO)C4=O. The van der Waals surface area contributed by atoms with Gasteiger partial charge >= 0.3 is 5.97 Å². The second-order valence-electron chi connectivity index (χ2n) is 12.7. The van der Waals surface area contributed by atoms with Crippen molar-refractivity contribution >= 4 is 29.1 Å². The molecule has 266 valence electrons. The summed E-state index contributed by atoms with van der Waals surface area (Å²) in [6.07, 6.45) is -5.63. The van der Waals surface area contributed by atoms with E-state index in [1.54, 1.807) is 6.92 Å². The predicted molar refractivity (Wildman–Crippen MR) is 166 cm³/mol. The van der Waals surface area contributed by atoms with E-state index in [4.69, 9.17) is 18.9 Å². The average Bonchev–Trinajstić information content (AvgIpc) is 3.05. The number of ether oxygens (including phenoxy) is 4. The average molecular weight is 698 g/mol. The van der Waals surface area contributed by atoms with Crippen LogP contribution in [0.1, 0.15) is 75.4 Å². The highest BCUT2D eigenvalue weighted by Crippen LogP contribution is 2.56. The summed E-state index contributed by atoms with van der Waals surface area (Å²) in [4.78, 5) is 69.0. The zero-order chi connectivity index (χ0) is 36.8. The summed E-state index contributed by atoms with van der Waals surface area (Å²) in [5.74, 6) is -8.81. The Kier molecular flexibility index (Phi) is 8.50. The molecule has 0 aromatic heterocycles. The Morgan fingerprint density at radius 1 is 1.02 bits per heavy atom. The van der Waals surface area contributed by atoms with Crippen LogP contribution in [-0.4, -0.2) is 124 Å². The topological polar surface area (TPSA) is 256 Å². The number of aliphatic hydroxyl groups excluding tert-OH is 3. The molecule has 16 heteroatoms. The van der Waals surface area contributed by atoms with Crippen molar-refractivity contribution in [3.8, 4) is 11.5 Å². The highest BCUT2D eigenvalue weighted by molar-refractivity contribution is 6.31. The third-order valence-corrected chi connectivity index (χ3v) is 10.3. The van der Waals surface area contributed by atoms with Gasteiger partial charge in [-0.2, -0.15) is 0 Å². The van der Waals surface area contributed by atoms with Crippen LogP contribution in [0, 0.1) is 12.8 Å². The van der Waals surface area contributed by atoms with Gasteiger partial charge in [0.1, 0.15) is 29.4 Å². The van der Waals surface area contributed by atoms with E-state index >= 15 is 0 Å². The molecule has 2 aromatic carbocycles. The van der Waals surface area contributed by atoms with Crippen LogP contribution in [0.3, 0.4) is 0 Å². The maximum atomic E-state index is 14.6. The molecule has 1 fully saturated rings. The molecule has 0 unspecified atom stereocenters. The van der Waals surface area contributed by atoms with Crippen molar-refractivity contribution in [3.05, 3.63) is 68.4 Å². The number of benzene rings is 2. The second kappa shape index (κ2) is 12.1. The van der Waals surface area contributed by atoms with E-state index in [0.29, 0.717) is 0 Å². The van der Waals surface area contributed by atoms with Crippen LogP contribution in [-0.2, 0) is 31.0 Å². The molecule has 7 N–H and O–H groups in total. The van der Waals surface area contributed by atoms with Gasteiger partial charge in [0, 0.05) is 43.4 Å². The van der Waals surface area contributed by atoms with Gasteiger partial charge < -0.3 is 54.9 Å². The molecule has 0 bridgehead atoms. The van der Waals surface area contributed by atoms with E-state index in [1.165, 1.54) is 20.1 Å². The number of phenolic OH excluding ortho intramolecular Hbond substituents is 2. The summed E-state index contributed by atoms with van der Waals surface area (Å²) in [6, 6.07) is 2.15. The summed E-state index contributed by atoms with van der Waals surface area (Å²) in [5.41, 5.74) is -10.3. The van der Waals surface area contributed by atoms with E-state index in [0.717, 1.165) is 26.4 Å². The van der Waals surface area contributed by atoms with Crippen LogP contribution in [0.15, 0.2) is 23.9 Å². The largest absolute Gasteiger partial charge is 0.507 e. The predicted octanol–water partition coefficient (Wildman–Crippen LogP) is -0.656. The number of carbonyl (C=O) groups is 5. The first-order valence-electron chi connectivity index (χ1n) is 15.5. The van der Waals surface area contributed by atoms with Gasteiger partial charge in [0.05, 0.1) is 54.8 Å². The van der Waals surface area contributed by atoms with E-state index < -0.39 is 140 Å². The number of aliphatic hydroxyl groups is 4. The highest BCUT2D eigenvalue weighted by atomic mass is 16.6. The molecule has 16 nitrogen and oxygen atoms in total. The first-order chi connectivity index (χ1) is 23.6. The van der Waals surface area contributed by atoms with Crippen molar-refractivity contribution in [2.75, 3.05) is 27.9 Å². The normalized spacial score (nSPS) is 31.7. The molecule has 1 aliphatic heterocycles. The molecule has 8 atom stereocenters. The number of ketones is 4. The third-order valence-electron chi connectivity index (χ3n) is 10.3. The van der Waals surface area contributed by atoms with E-state index in [-0.39, 0.29) is 11.1 Å². The number of esters is 1. The standard InChI is InChI=1S/C34H35NO15/c1-11-6-13-7-19(38)34(49-5)30(44)22-15(29(43)33(34,46)23(13)27(42)20(11)32(45)48-4)8-14-21(26(22)41)18(37)9-17(24(14)39)35-31-16(10-36)25(40)28(47-3)12(2)50-31/h6,8-9,12,16,19,25,28,31,35-36,38,40-42,46H,7,10H2,1-5H3/t12-,16+,19+,25-,28-,31-,33-,34+/m0/s1. The fourth-order valence-electron chi connectivity index (χ4n) is 7.89. The van der Waals surface area contributed by atoms with Crippen molar-refractivity contribution in [3.63, 3.8) is 0 Å². The van der Waals surface area contributed by atoms with Crippen molar-refractivity contribution in [2.24, 2.45) is 5.92 Å². The molecule has 3 aliphatic carbocycles. The van der Waals surface area contributed by atoms with E-state index in [9.17, 15) is 54.6 Å². The number of aromatic hydroxyl groups is 2. The lowest BCUT2D eigenvalue weighted by Crippen LogP contribution is -2.73. The number of allylic oxidation sites excluding steroid dienone is 2. The van der Waals surface area contributed by atoms with Gasteiger partial charge in [-0.1, -0.05) is 6.07 Å². The molecular formula is C34H35NO15. The van der Waals surface area contributed by atoms with Crippen LogP contribution in [0.5, 0.6) is 11.5 Å². The zero-order valence-corrected chi connectivity index (χ0v) is 27.5. The molecule has 50 heavy (non-hydrogen) atoms. The maximum absolute atomic E-state index is 14.6. The van der Waals surface area contributed by atoms with Crippen LogP contribution in [0.2, 0.25) is 0 Å². The Morgan fingerprint density at radius 2 is 1.70 bits per heavy atom. The number of nitrogens with one attached hydrogen (secondary N) is 1. The molecule has 1 saturated heterocycles. The summed E-state index contributed by atoms with van der Waals surface area (Å²) < 4.78 is 21.3. The summed E-state index contributed by atoms with van der Waals surface area (Å²) in [6.45, 7) is 2.41. The van der Waals surface area contributed by atoms with Crippen molar-refractivity contribution < 1.29 is 73.6 Å². The van der Waals surface area contributed by atoms with Gasteiger partial charge in [-0.15, -0.1) is 0 Å². The Morgan fingerprint density at radius 3 is 2.30 bits per heavy atom. The first kappa shape index (κ1) is 35.3. The number of aryl methyl sites for hydroxylation is 1. The first-order valence-corrected chi connectivity index (χ1v) is 15.5. The molecule has 0 saturated carbocycles. The number of Topliss-reactive ketones (excluding diaryl/α,β-unsaturated/α-hetero) is 3. The van der Waals surface area contributed by atoms with Gasteiger partial charge in [0.2, 0.25) is 17.3 Å². The van der Waals surface area contributed by atoms with Crippen LogP contribution in [0.25, 0.3) is 0 Å². The lowest BCUT2D eigenvalue weighted by molar-refractivity contribution is -0.214. The molecule has 1 heterocycles. The number of hydrogen-bond donors (Lipinski definition) is 7. The Hall–Kier alpha value is -4.55. The highest BCUT2D eigenvalue weighted by Gasteiger charge is 2.72. The van der Waals surface area contributed by atoms with Crippen molar-refractivity contribution in [2.45, 2.75) is 62.1 Å². The Balaban J connectivity index is 1.51. The molecule has 0 radical (unpaired) electrons. The van der Waals surface area contributed by atoms with Crippen LogP contribution >= 0.6 is 0 Å². The minimum absolute atomic E-state index is 0.0131. The van der Waals surface area contributed by atoms with E-state index in [1.807, 2.05) is 0 Å². The quantitative estimate of drug-likeness (QED) is 0.185. The number of phenols is 2. The van der Waals surface area contributed by atoms with Gasteiger partial charge in [-0.3, -0.25) is 19.2 Å². The van der Waals surface area contributed by atoms with Crippen molar-refractivity contribution in [1.29, 1.82) is 0 Å². The summed E-state index contributed by atoms with van der Waals surface area (Å²) in [5, 5.41) is 70.2. The molecule has 4 aliphatic rings. The monoisotopic (exact) mass is 697 g/mol. The molecule has 0 amide bonds. The lowest BCUT2D eigenvalue weighted by atomic mass is 9.56. The maximum Gasteiger partial charge on any atom is 0.341 e. The molecule has 6 rings (SSSR count). The fourth-order valence-corrected chi connectivity index (χ4v) is 7.89. The Labute approximate surface area is 283 Å². The number of carbonyl (C=O) groups excluding carboxylic acids is 5. The van der Waals surface area contributed by atoms with E-state index in [2.05, 4.69) is 5.32 Å². The van der Waals surface area contributed by atoms with Gasteiger partial charge in [0.15, 0.2) is 17.0 Å². The fraction of sp³-hybridized carbons (Fsp3) is 0.441. The molecular weight excluding hydrogens is 662 g/mol. The third kappa shape index (κ3) is 4.40. The zero-order valence-electron chi connectivity index (χ0n) is 27.5. The number of hydrogen-bond acceptors (Lipinski definition) is 16. The van der Waals surface area contributed by atoms with Crippen molar-refractivity contribution in [1.82, 2.24) is 5.32 Å². The number of fused-ring (bicyclic) bond motifs is 5. The molecule has 0 spiro atoms. The Bertz CT molecular complexity index is 1920. The minimum atomic E-state index is -3.24. The van der Waals surface area contributed by atoms with Crippen LogP contribution < -0.4 is 5.32 Å².